The standard InChI is InChI=1S/C20H18ClNOS/c21-17-13-7-2-4-10-16(13)24-20(17)18-14-8-5-11-23-19(14)12-6-1-3-9-15(12)22-18/h1-4,6-7,9-10,14,18-19,22H,5,8,11H2/t14-,18-,19+/m0/s1. The van der Waals surface area contributed by atoms with E-state index >= 15 is 0 Å². The summed E-state index contributed by atoms with van der Waals surface area (Å²) in [6.07, 6.45) is 2.45. The first-order chi connectivity index (χ1) is 11.8. The van der Waals surface area contributed by atoms with Crippen LogP contribution in [0.2, 0.25) is 5.02 Å². The van der Waals surface area contributed by atoms with Crippen LogP contribution in [0.15, 0.2) is 48.5 Å². The highest BCUT2D eigenvalue weighted by Crippen LogP contribution is 2.52. The molecule has 0 spiro atoms. The molecule has 1 fully saturated rings. The number of rotatable bonds is 1. The average molecular weight is 356 g/mol. The van der Waals surface area contributed by atoms with Crippen molar-refractivity contribution in [1.29, 1.82) is 0 Å². The molecule has 4 heteroatoms. The van der Waals surface area contributed by atoms with Crippen molar-refractivity contribution in [1.82, 2.24) is 0 Å². The molecule has 2 aliphatic rings. The molecule has 1 aromatic heterocycles. The highest BCUT2D eigenvalue weighted by Gasteiger charge is 2.41. The number of halogens is 1. The van der Waals surface area contributed by atoms with Gasteiger partial charge in [-0.25, -0.2) is 0 Å². The third-order valence-corrected chi connectivity index (χ3v) is 6.99. The summed E-state index contributed by atoms with van der Waals surface area (Å²) >= 11 is 8.59. The predicted octanol–water partition coefficient (Wildman–Crippen LogP) is 6.19. The highest BCUT2D eigenvalue weighted by molar-refractivity contribution is 7.19. The molecule has 2 nitrogen and oxygen atoms in total. The minimum atomic E-state index is 0.169. The molecule has 0 saturated carbocycles. The Morgan fingerprint density at radius 1 is 1.08 bits per heavy atom. The van der Waals surface area contributed by atoms with Gasteiger partial charge in [0.2, 0.25) is 0 Å². The van der Waals surface area contributed by atoms with Gasteiger partial charge in [-0.3, -0.25) is 0 Å². The van der Waals surface area contributed by atoms with E-state index in [2.05, 4.69) is 53.8 Å². The van der Waals surface area contributed by atoms with Crippen molar-refractivity contribution in [2.45, 2.75) is 25.0 Å². The fourth-order valence-corrected chi connectivity index (χ4v) is 5.79. The van der Waals surface area contributed by atoms with Crippen LogP contribution >= 0.6 is 22.9 Å². The number of nitrogens with one attached hydrogen (secondary N) is 1. The smallest absolute Gasteiger partial charge is 0.0896 e. The van der Waals surface area contributed by atoms with Gasteiger partial charge in [-0.2, -0.15) is 0 Å². The Bertz CT molecular complexity index is 906. The zero-order valence-electron chi connectivity index (χ0n) is 13.2. The summed E-state index contributed by atoms with van der Waals surface area (Å²) in [5.41, 5.74) is 2.47. The number of hydrogen-bond acceptors (Lipinski definition) is 3. The molecular weight excluding hydrogens is 338 g/mol. The Morgan fingerprint density at radius 2 is 1.92 bits per heavy atom. The minimum Gasteiger partial charge on any atom is -0.377 e. The quantitative estimate of drug-likeness (QED) is 0.562. The Morgan fingerprint density at radius 3 is 2.83 bits per heavy atom. The van der Waals surface area contributed by atoms with E-state index in [9.17, 15) is 0 Å². The number of para-hydroxylation sites is 1. The van der Waals surface area contributed by atoms with Gasteiger partial charge >= 0.3 is 0 Å². The van der Waals surface area contributed by atoms with Gasteiger partial charge in [-0.05, 0) is 25.0 Å². The van der Waals surface area contributed by atoms with Crippen LogP contribution in [0.5, 0.6) is 0 Å². The fourth-order valence-electron chi connectivity index (χ4n) is 4.11. The summed E-state index contributed by atoms with van der Waals surface area (Å²) in [5.74, 6) is 0.430. The summed E-state index contributed by atoms with van der Waals surface area (Å²) in [5, 5.41) is 5.82. The molecule has 122 valence electrons. The molecule has 0 amide bonds. The normalized spacial score (nSPS) is 25.8. The van der Waals surface area contributed by atoms with Crippen molar-refractivity contribution in [3.05, 3.63) is 64.0 Å². The Kier molecular flexibility index (Phi) is 3.55. The van der Waals surface area contributed by atoms with Gasteiger partial charge in [-0.1, -0.05) is 48.0 Å². The predicted molar refractivity (Wildman–Crippen MR) is 101 cm³/mol. The Balaban J connectivity index is 1.65. The van der Waals surface area contributed by atoms with E-state index < -0.39 is 0 Å². The zero-order valence-corrected chi connectivity index (χ0v) is 14.7. The largest absolute Gasteiger partial charge is 0.377 e. The van der Waals surface area contributed by atoms with Gasteiger partial charge in [0.25, 0.3) is 0 Å². The maximum absolute atomic E-state index is 6.78. The summed E-state index contributed by atoms with van der Waals surface area (Å²) in [6, 6.07) is 17.1. The molecule has 1 N–H and O–H groups in total. The molecule has 0 bridgehead atoms. The first-order valence-electron chi connectivity index (χ1n) is 8.47. The van der Waals surface area contributed by atoms with Gasteiger partial charge in [0.05, 0.1) is 17.2 Å². The van der Waals surface area contributed by atoms with Crippen molar-refractivity contribution >= 4 is 38.7 Å². The molecular formula is C20H18ClNOS. The van der Waals surface area contributed by atoms with Gasteiger partial charge < -0.3 is 10.1 Å². The van der Waals surface area contributed by atoms with Crippen LogP contribution in [0.25, 0.3) is 10.1 Å². The summed E-state index contributed by atoms with van der Waals surface area (Å²) in [4.78, 5) is 1.24. The van der Waals surface area contributed by atoms with E-state index in [4.69, 9.17) is 16.3 Å². The summed E-state index contributed by atoms with van der Waals surface area (Å²) in [7, 11) is 0. The van der Waals surface area contributed by atoms with Crippen LogP contribution in [0.3, 0.4) is 0 Å². The molecule has 0 unspecified atom stereocenters. The van der Waals surface area contributed by atoms with Crippen LogP contribution in [0, 0.1) is 5.92 Å². The monoisotopic (exact) mass is 355 g/mol. The van der Waals surface area contributed by atoms with E-state index in [0.29, 0.717) is 5.92 Å². The lowest BCUT2D eigenvalue weighted by Crippen LogP contribution is -2.35. The SMILES string of the molecule is Clc1c([C@H]2Nc3ccccc3[C@H]3OCCC[C@@H]23)sc2ccccc12. The van der Waals surface area contributed by atoms with Crippen LogP contribution in [0.4, 0.5) is 5.69 Å². The second-order valence-corrected chi connectivity index (χ2v) is 8.04. The van der Waals surface area contributed by atoms with Crippen molar-refractivity contribution in [2.75, 3.05) is 11.9 Å². The molecule has 3 atom stereocenters. The van der Waals surface area contributed by atoms with E-state index in [0.717, 1.165) is 23.4 Å². The molecule has 0 aliphatic carbocycles. The summed E-state index contributed by atoms with van der Waals surface area (Å²) in [6.45, 7) is 0.850. The third kappa shape index (κ3) is 2.19. The van der Waals surface area contributed by atoms with Crippen molar-refractivity contribution in [3.8, 4) is 0 Å². The van der Waals surface area contributed by atoms with Gasteiger partial charge in [-0.15, -0.1) is 11.3 Å². The molecule has 5 rings (SSSR count). The molecule has 0 radical (unpaired) electrons. The number of anilines is 1. The first-order valence-corrected chi connectivity index (χ1v) is 9.66. The lowest BCUT2D eigenvalue weighted by molar-refractivity contribution is -0.0377. The van der Waals surface area contributed by atoms with Crippen LogP contribution < -0.4 is 5.32 Å². The molecule has 2 aliphatic heterocycles. The average Bonchev–Trinajstić information content (AvgIpc) is 2.98. The number of ether oxygens (including phenoxy) is 1. The lowest BCUT2D eigenvalue weighted by Gasteiger charge is -2.43. The molecule has 3 aromatic rings. The van der Waals surface area contributed by atoms with Gasteiger partial charge in [0.1, 0.15) is 0 Å². The topological polar surface area (TPSA) is 21.3 Å². The number of thiophene rings is 1. The number of benzene rings is 2. The van der Waals surface area contributed by atoms with Crippen LogP contribution in [0.1, 0.15) is 35.4 Å². The zero-order chi connectivity index (χ0) is 16.1. The highest BCUT2D eigenvalue weighted by atomic mass is 35.5. The van der Waals surface area contributed by atoms with E-state index in [1.165, 1.54) is 27.2 Å². The second kappa shape index (κ2) is 5.76. The van der Waals surface area contributed by atoms with Gasteiger partial charge in [0.15, 0.2) is 0 Å². The Labute approximate surface area is 150 Å². The fraction of sp³-hybridized carbons (Fsp3) is 0.300. The lowest BCUT2D eigenvalue weighted by atomic mass is 9.79. The van der Waals surface area contributed by atoms with Crippen molar-refractivity contribution in [2.24, 2.45) is 5.92 Å². The van der Waals surface area contributed by atoms with Crippen molar-refractivity contribution in [3.63, 3.8) is 0 Å². The number of fused-ring (bicyclic) bond motifs is 4. The second-order valence-electron chi connectivity index (χ2n) is 6.58. The Hall–Kier alpha value is -1.55. The molecule has 3 heterocycles. The van der Waals surface area contributed by atoms with Crippen LogP contribution in [-0.4, -0.2) is 6.61 Å². The minimum absolute atomic E-state index is 0.169. The maximum atomic E-state index is 6.78. The number of hydrogen-bond donors (Lipinski definition) is 1. The third-order valence-electron chi connectivity index (χ3n) is 5.22. The van der Waals surface area contributed by atoms with E-state index in [1.54, 1.807) is 0 Å². The maximum Gasteiger partial charge on any atom is 0.0896 e. The molecule has 2 aromatic carbocycles. The molecule has 24 heavy (non-hydrogen) atoms. The van der Waals surface area contributed by atoms with Crippen LogP contribution in [-0.2, 0) is 4.74 Å². The van der Waals surface area contributed by atoms with E-state index in [1.807, 2.05) is 11.3 Å². The van der Waals surface area contributed by atoms with Gasteiger partial charge in [0, 0.05) is 38.7 Å². The van der Waals surface area contributed by atoms with Crippen molar-refractivity contribution < 1.29 is 4.74 Å². The van der Waals surface area contributed by atoms with E-state index in [-0.39, 0.29) is 12.1 Å². The summed E-state index contributed by atoms with van der Waals surface area (Å²) < 4.78 is 7.45. The first kappa shape index (κ1) is 14.8. The molecule has 1 saturated heterocycles.